The summed E-state index contributed by atoms with van der Waals surface area (Å²) < 4.78 is 2.61. The van der Waals surface area contributed by atoms with Crippen molar-refractivity contribution in [2.24, 2.45) is 5.11 Å². The van der Waals surface area contributed by atoms with Crippen LogP contribution in [0.5, 0.6) is 0 Å². The van der Waals surface area contributed by atoms with Crippen molar-refractivity contribution in [1.29, 1.82) is 0 Å². The summed E-state index contributed by atoms with van der Waals surface area (Å²) in [4.78, 5) is 2.72. The topological polar surface area (TPSA) is 48.8 Å². The predicted octanol–water partition coefficient (Wildman–Crippen LogP) is 5.38. The van der Waals surface area contributed by atoms with E-state index in [1.54, 1.807) is 0 Å². The highest BCUT2D eigenvalue weighted by Crippen LogP contribution is 2.34. The zero-order chi connectivity index (χ0) is 13.1. The lowest BCUT2D eigenvalue weighted by Gasteiger charge is -1.95. The number of nitrogens with zero attached hydrogens (tertiary/aromatic N) is 3. The molecule has 3 aromatic rings. The summed E-state index contributed by atoms with van der Waals surface area (Å²) in [6.45, 7) is 0.388. The minimum absolute atomic E-state index is 0.388. The average Bonchev–Trinajstić information content (AvgIpc) is 2.82. The van der Waals surface area contributed by atoms with E-state index in [9.17, 15) is 0 Å². The van der Waals surface area contributed by atoms with Gasteiger partial charge in [0.15, 0.2) is 0 Å². The number of benzene rings is 2. The van der Waals surface area contributed by atoms with Crippen LogP contribution < -0.4 is 0 Å². The Bertz CT molecular complexity index is 810. The Balaban J connectivity index is 2.06. The van der Waals surface area contributed by atoms with Crippen LogP contribution in [0.2, 0.25) is 0 Å². The number of hydrogen-bond acceptors (Lipinski definition) is 2. The molecule has 0 fully saturated rings. The van der Waals surface area contributed by atoms with Crippen LogP contribution in [-0.2, 0) is 0 Å². The van der Waals surface area contributed by atoms with Gasteiger partial charge in [-0.15, -0.1) is 11.3 Å². The van der Waals surface area contributed by atoms with E-state index in [2.05, 4.69) is 52.5 Å². The summed E-state index contributed by atoms with van der Waals surface area (Å²) in [7, 11) is 0. The lowest BCUT2D eigenvalue weighted by atomic mass is 10.1. The van der Waals surface area contributed by atoms with Gasteiger partial charge in [-0.1, -0.05) is 41.5 Å². The first kappa shape index (κ1) is 11.8. The molecule has 0 radical (unpaired) electrons. The molecular formula is C15H11N3S. The largest absolute Gasteiger partial charge is 0.135 e. The van der Waals surface area contributed by atoms with Gasteiger partial charge in [0.2, 0.25) is 0 Å². The maximum atomic E-state index is 8.22. The Labute approximate surface area is 114 Å². The van der Waals surface area contributed by atoms with Crippen LogP contribution in [0.15, 0.2) is 53.7 Å². The van der Waals surface area contributed by atoms with Crippen LogP contribution >= 0.6 is 11.3 Å². The number of rotatable bonds is 3. The molecule has 1 aromatic heterocycles. The van der Waals surface area contributed by atoms with Crippen molar-refractivity contribution in [3.8, 4) is 0 Å². The fraction of sp³-hybridized carbons (Fsp3) is 0.0667. The number of fused-ring (bicyclic) bond motifs is 3. The molecule has 3 nitrogen and oxygen atoms in total. The third kappa shape index (κ3) is 2.32. The van der Waals surface area contributed by atoms with Crippen LogP contribution in [0.1, 0.15) is 5.56 Å². The molecule has 19 heavy (non-hydrogen) atoms. The van der Waals surface area contributed by atoms with Crippen LogP contribution in [0.4, 0.5) is 0 Å². The predicted molar refractivity (Wildman–Crippen MR) is 82.4 cm³/mol. The second kappa shape index (κ2) is 5.14. The minimum Gasteiger partial charge on any atom is -0.135 e. The van der Waals surface area contributed by atoms with Crippen molar-refractivity contribution in [3.05, 3.63) is 64.5 Å². The first-order chi connectivity index (χ1) is 9.38. The minimum atomic E-state index is 0.388. The van der Waals surface area contributed by atoms with Crippen molar-refractivity contribution < 1.29 is 0 Å². The first-order valence-electron chi connectivity index (χ1n) is 5.97. The lowest BCUT2D eigenvalue weighted by molar-refractivity contribution is 1.22. The molecule has 0 aliphatic heterocycles. The van der Waals surface area contributed by atoms with Gasteiger partial charge in [0.05, 0.1) is 0 Å². The van der Waals surface area contributed by atoms with E-state index in [1.165, 1.54) is 20.2 Å². The van der Waals surface area contributed by atoms with Crippen LogP contribution in [0.25, 0.3) is 36.7 Å². The number of hydrogen-bond donors (Lipinski definition) is 0. The standard InChI is InChI=1S/C15H11N3S/c16-18-17-9-3-4-11-7-8-15-13(10-11)12-5-1-2-6-14(12)19-15/h1-8,10H,9H2. The molecule has 0 saturated carbocycles. The normalized spacial score (nSPS) is 11.2. The van der Waals surface area contributed by atoms with Gasteiger partial charge in [0, 0.05) is 31.6 Å². The summed E-state index contributed by atoms with van der Waals surface area (Å²) in [5, 5.41) is 6.07. The molecule has 3 rings (SSSR count). The molecule has 0 amide bonds. The van der Waals surface area contributed by atoms with Crippen molar-refractivity contribution in [2.45, 2.75) is 0 Å². The van der Waals surface area contributed by atoms with E-state index >= 15 is 0 Å². The van der Waals surface area contributed by atoms with Gasteiger partial charge < -0.3 is 0 Å². The van der Waals surface area contributed by atoms with Crippen molar-refractivity contribution in [3.63, 3.8) is 0 Å². The van der Waals surface area contributed by atoms with Crippen molar-refractivity contribution >= 4 is 37.6 Å². The van der Waals surface area contributed by atoms with Gasteiger partial charge >= 0.3 is 0 Å². The SMILES string of the molecule is [N-]=[N+]=NCC=Cc1ccc2sc3ccccc3c2c1. The highest BCUT2D eigenvalue weighted by Gasteiger charge is 2.03. The zero-order valence-corrected chi connectivity index (χ0v) is 11.0. The number of thiophene rings is 1. The maximum Gasteiger partial charge on any atom is 0.0443 e. The molecule has 1 heterocycles. The van der Waals surface area contributed by atoms with Gasteiger partial charge in [-0.3, -0.25) is 0 Å². The van der Waals surface area contributed by atoms with E-state index in [-0.39, 0.29) is 0 Å². The smallest absolute Gasteiger partial charge is 0.0443 e. The maximum absolute atomic E-state index is 8.22. The Hall–Kier alpha value is -2.29. The van der Waals surface area contributed by atoms with E-state index in [4.69, 9.17) is 5.53 Å². The summed E-state index contributed by atoms with van der Waals surface area (Å²) in [6, 6.07) is 14.9. The molecular weight excluding hydrogens is 254 g/mol. The van der Waals surface area contributed by atoms with Gasteiger partial charge in [-0.05, 0) is 29.3 Å². The summed E-state index contributed by atoms with van der Waals surface area (Å²) in [6.07, 6.45) is 3.86. The van der Waals surface area contributed by atoms with E-state index in [0.717, 1.165) is 5.56 Å². The molecule has 2 aromatic carbocycles. The molecule has 0 aliphatic rings. The Morgan fingerprint density at radius 2 is 1.95 bits per heavy atom. The lowest BCUT2D eigenvalue weighted by Crippen LogP contribution is -1.73. The molecule has 0 saturated heterocycles. The Kier molecular flexibility index (Phi) is 3.19. The van der Waals surface area contributed by atoms with E-state index in [0.29, 0.717) is 6.54 Å². The fourth-order valence-corrected chi connectivity index (χ4v) is 3.21. The average molecular weight is 265 g/mol. The second-order valence-electron chi connectivity index (χ2n) is 4.17. The van der Waals surface area contributed by atoms with Crippen molar-refractivity contribution in [1.82, 2.24) is 0 Å². The molecule has 0 bridgehead atoms. The summed E-state index contributed by atoms with van der Waals surface area (Å²) in [5.41, 5.74) is 9.35. The van der Waals surface area contributed by atoms with Gasteiger partial charge in [-0.2, -0.15) is 0 Å². The highest BCUT2D eigenvalue weighted by molar-refractivity contribution is 7.25. The van der Waals surface area contributed by atoms with E-state index in [1.807, 2.05) is 23.5 Å². The Morgan fingerprint density at radius 1 is 1.11 bits per heavy atom. The van der Waals surface area contributed by atoms with Crippen LogP contribution in [-0.4, -0.2) is 6.54 Å². The van der Waals surface area contributed by atoms with Gasteiger partial charge in [-0.25, -0.2) is 0 Å². The quantitative estimate of drug-likeness (QED) is 0.347. The molecule has 0 spiro atoms. The molecule has 0 N–H and O–H groups in total. The molecule has 0 aliphatic carbocycles. The van der Waals surface area contributed by atoms with Gasteiger partial charge in [0.25, 0.3) is 0 Å². The fourth-order valence-electron chi connectivity index (χ4n) is 2.12. The molecule has 0 unspecified atom stereocenters. The molecule has 0 atom stereocenters. The second-order valence-corrected chi connectivity index (χ2v) is 5.25. The van der Waals surface area contributed by atoms with Crippen LogP contribution in [0.3, 0.4) is 0 Å². The Morgan fingerprint density at radius 3 is 2.84 bits per heavy atom. The van der Waals surface area contributed by atoms with Crippen molar-refractivity contribution in [2.75, 3.05) is 6.54 Å². The third-order valence-corrected chi connectivity index (χ3v) is 4.11. The molecule has 92 valence electrons. The van der Waals surface area contributed by atoms with Crippen LogP contribution in [0, 0.1) is 0 Å². The summed E-state index contributed by atoms with van der Waals surface area (Å²) in [5.74, 6) is 0. The zero-order valence-electron chi connectivity index (χ0n) is 10.2. The first-order valence-corrected chi connectivity index (χ1v) is 6.79. The third-order valence-electron chi connectivity index (χ3n) is 2.96. The summed E-state index contributed by atoms with van der Waals surface area (Å²) >= 11 is 1.81. The molecule has 4 heteroatoms. The monoisotopic (exact) mass is 265 g/mol. The van der Waals surface area contributed by atoms with E-state index < -0.39 is 0 Å². The highest BCUT2D eigenvalue weighted by atomic mass is 32.1. The van der Waals surface area contributed by atoms with Gasteiger partial charge in [0.1, 0.15) is 0 Å². The number of azide groups is 1.